The van der Waals surface area contributed by atoms with Crippen LogP contribution in [0, 0.1) is 6.92 Å². The van der Waals surface area contributed by atoms with Crippen LogP contribution in [0.5, 0.6) is 5.88 Å². The lowest BCUT2D eigenvalue weighted by atomic mass is 10.3. The molecule has 0 aliphatic rings. The van der Waals surface area contributed by atoms with Crippen molar-refractivity contribution in [1.29, 1.82) is 0 Å². The van der Waals surface area contributed by atoms with E-state index in [1.54, 1.807) is 18.2 Å². The van der Waals surface area contributed by atoms with Crippen LogP contribution in [0.15, 0.2) is 36.4 Å². The van der Waals surface area contributed by atoms with Gasteiger partial charge in [-0.1, -0.05) is 12.1 Å². The monoisotopic (exact) mass is 279 g/mol. The Hall–Kier alpha value is -2.24. The van der Waals surface area contributed by atoms with Gasteiger partial charge < -0.3 is 10.1 Å². The summed E-state index contributed by atoms with van der Waals surface area (Å²) < 4.78 is 29.0. The number of aryl methyl sites for hydroxylation is 1. The fourth-order valence-corrected chi connectivity index (χ4v) is 1.61. The van der Waals surface area contributed by atoms with Gasteiger partial charge in [-0.25, -0.2) is 18.7 Å². The zero-order valence-corrected chi connectivity index (χ0v) is 11.0. The van der Waals surface area contributed by atoms with E-state index in [4.69, 9.17) is 4.74 Å². The normalized spacial score (nSPS) is 10.6. The van der Waals surface area contributed by atoms with Gasteiger partial charge in [-0.2, -0.15) is 0 Å². The van der Waals surface area contributed by atoms with E-state index in [0.29, 0.717) is 12.2 Å². The first kappa shape index (κ1) is 14.2. The zero-order chi connectivity index (χ0) is 14.4. The van der Waals surface area contributed by atoms with Crippen molar-refractivity contribution < 1.29 is 13.5 Å². The predicted octanol–water partition coefficient (Wildman–Crippen LogP) is 3.04. The number of ether oxygens (including phenoxy) is 1. The van der Waals surface area contributed by atoms with Crippen molar-refractivity contribution in [2.75, 3.05) is 11.9 Å². The number of nitrogens with one attached hydrogen (secondary N) is 1. The highest BCUT2D eigenvalue weighted by Crippen LogP contribution is 2.11. The number of rotatable bonds is 6. The summed E-state index contributed by atoms with van der Waals surface area (Å²) in [5.74, 6) is 0.938. The third kappa shape index (κ3) is 4.46. The maximum Gasteiger partial charge on any atom is 0.272 e. The van der Waals surface area contributed by atoms with E-state index >= 15 is 0 Å². The summed E-state index contributed by atoms with van der Waals surface area (Å²) in [6.45, 7) is 1.70. The third-order valence-electron chi connectivity index (χ3n) is 2.48. The van der Waals surface area contributed by atoms with E-state index < -0.39 is 13.0 Å². The largest absolute Gasteiger partial charge is 0.472 e. The Morgan fingerprint density at radius 1 is 1.15 bits per heavy atom. The van der Waals surface area contributed by atoms with E-state index in [1.165, 1.54) is 0 Å². The molecule has 0 aliphatic carbocycles. The molecule has 20 heavy (non-hydrogen) atoms. The molecule has 106 valence electrons. The molecule has 0 atom stereocenters. The predicted molar refractivity (Wildman–Crippen MR) is 72.0 cm³/mol. The first-order valence-corrected chi connectivity index (χ1v) is 6.18. The van der Waals surface area contributed by atoms with Crippen LogP contribution in [0.4, 0.5) is 14.6 Å². The molecule has 4 nitrogen and oxygen atoms in total. The number of halogens is 2. The van der Waals surface area contributed by atoms with Crippen LogP contribution < -0.4 is 10.1 Å². The summed E-state index contributed by atoms with van der Waals surface area (Å²) >= 11 is 0. The van der Waals surface area contributed by atoms with Crippen LogP contribution in [0.3, 0.4) is 0 Å². The summed E-state index contributed by atoms with van der Waals surface area (Å²) in [4.78, 5) is 8.44. The van der Waals surface area contributed by atoms with E-state index in [1.807, 2.05) is 25.1 Å². The number of hydrogen-bond donors (Lipinski definition) is 1. The highest BCUT2D eigenvalue weighted by molar-refractivity contribution is 5.35. The SMILES string of the molecule is Cc1cccc(NCc2cccc(OCC(F)F)n2)n1. The first-order valence-electron chi connectivity index (χ1n) is 6.18. The number of alkyl halides is 2. The summed E-state index contributed by atoms with van der Waals surface area (Å²) in [5, 5.41) is 3.12. The van der Waals surface area contributed by atoms with E-state index in [2.05, 4.69) is 15.3 Å². The van der Waals surface area contributed by atoms with Crippen molar-refractivity contribution in [2.24, 2.45) is 0 Å². The van der Waals surface area contributed by atoms with Crippen LogP contribution in [0.25, 0.3) is 0 Å². The fourth-order valence-electron chi connectivity index (χ4n) is 1.61. The molecule has 6 heteroatoms. The number of aromatic nitrogens is 2. The molecule has 0 unspecified atom stereocenters. The smallest absolute Gasteiger partial charge is 0.272 e. The number of pyridine rings is 2. The van der Waals surface area contributed by atoms with Crippen molar-refractivity contribution in [3.63, 3.8) is 0 Å². The minimum absolute atomic E-state index is 0.196. The lowest BCUT2D eigenvalue weighted by molar-refractivity contribution is 0.0795. The molecule has 0 amide bonds. The molecule has 2 aromatic rings. The Kier molecular flexibility index (Phi) is 4.81. The van der Waals surface area contributed by atoms with Gasteiger partial charge in [0.25, 0.3) is 6.43 Å². The van der Waals surface area contributed by atoms with Crippen LogP contribution in [0.1, 0.15) is 11.4 Å². The van der Waals surface area contributed by atoms with Crippen LogP contribution in [-0.4, -0.2) is 23.0 Å². The van der Waals surface area contributed by atoms with Crippen molar-refractivity contribution in [3.05, 3.63) is 47.8 Å². The second kappa shape index (κ2) is 6.79. The van der Waals surface area contributed by atoms with E-state index in [0.717, 1.165) is 11.5 Å². The topological polar surface area (TPSA) is 47.0 Å². The highest BCUT2D eigenvalue weighted by atomic mass is 19.3. The third-order valence-corrected chi connectivity index (χ3v) is 2.48. The molecular weight excluding hydrogens is 264 g/mol. The summed E-state index contributed by atoms with van der Waals surface area (Å²) in [6.07, 6.45) is -2.50. The van der Waals surface area contributed by atoms with Crippen LogP contribution >= 0.6 is 0 Å². The molecule has 2 heterocycles. The van der Waals surface area contributed by atoms with Gasteiger partial charge in [-0.05, 0) is 25.1 Å². The standard InChI is InChI=1S/C14H15F2N3O/c1-10-4-2-6-13(18-10)17-8-11-5-3-7-14(19-11)20-9-12(15)16/h2-7,12H,8-9H2,1H3,(H,17,18). The lowest BCUT2D eigenvalue weighted by Crippen LogP contribution is -2.09. The number of anilines is 1. The van der Waals surface area contributed by atoms with Gasteiger partial charge in [0.15, 0.2) is 6.61 Å². The Morgan fingerprint density at radius 3 is 2.70 bits per heavy atom. The Labute approximate surface area is 115 Å². The quantitative estimate of drug-likeness (QED) is 0.883. The van der Waals surface area contributed by atoms with E-state index in [-0.39, 0.29) is 5.88 Å². The molecule has 0 bridgehead atoms. The van der Waals surface area contributed by atoms with Crippen LogP contribution in [-0.2, 0) is 6.54 Å². The van der Waals surface area contributed by atoms with Crippen molar-refractivity contribution >= 4 is 5.82 Å². The Bertz CT molecular complexity index is 564. The van der Waals surface area contributed by atoms with Gasteiger partial charge in [0.05, 0.1) is 12.2 Å². The van der Waals surface area contributed by atoms with Gasteiger partial charge in [-0.3, -0.25) is 0 Å². The number of nitrogens with zero attached hydrogens (tertiary/aromatic N) is 2. The average molecular weight is 279 g/mol. The van der Waals surface area contributed by atoms with Gasteiger partial charge in [0.1, 0.15) is 5.82 Å². The second-order valence-corrected chi connectivity index (χ2v) is 4.19. The molecule has 0 fully saturated rings. The molecule has 0 aromatic carbocycles. The van der Waals surface area contributed by atoms with Gasteiger partial charge in [0, 0.05) is 11.8 Å². The molecule has 0 saturated carbocycles. The van der Waals surface area contributed by atoms with Crippen molar-refractivity contribution in [1.82, 2.24) is 9.97 Å². The van der Waals surface area contributed by atoms with Gasteiger partial charge >= 0.3 is 0 Å². The highest BCUT2D eigenvalue weighted by Gasteiger charge is 2.05. The molecule has 0 aliphatic heterocycles. The Balaban J connectivity index is 1.94. The fraction of sp³-hybridized carbons (Fsp3) is 0.286. The summed E-state index contributed by atoms with van der Waals surface area (Å²) in [5.41, 5.74) is 1.61. The first-order chi connectivity index (χ1) is 9.63. The summed E-state index contributed by atoms with van der Waals surface area (Å²) in [7, 11) is 0. The van der Waals surface area contributed by atoms with Crippen LogP contribution in [0.2, 0.25) is 0 Å². The van der Waals surface area contributed by atoms with Gasteiger partial charge in [0.2, 0.25) is 5.88 Å². The minimum atomic E-state index is -2.50. The lowest BCUT2D eigenvalue weighted by Gasteiger charge is -2.08. The van der Waals surface area contributed by atoms with E-state index in [9.17, 15) is 8.78 Å². The van der Waals surface area contributed by atoms with Crippen molar-refractivity contribution in [2.45, 2.75) is 19.9 Å². The maximum absolute atomic E-state index is 12.1. The maximum atomic E-state index is 12.1. The minimum Gasteiger partial charge on any atom is -0.472 e. The molecule has 0 saturated heterocycles. The molecule has 0 spiro atoms. The summed E-state index contributed by atoms with van der Waals surface area (Å²) in [6, 6.07) is 10.7. The average Bonchev–Trinajstić information content (AvgIpc) is 2.43. The number of hydrogen-bond acceptors (Lipinski definition) is 4. The molecule has 0 radical (unpaired) electrons. The zero-order valence-electron chi connectivity index (χ0n) is 11.0. The Morgan fingerprint density at radius 2 is 1.95 bits per heavy atom. The molecular formula is C14H15F2N3O. The van der Waals surface area contributed by atoms with Gasteiger partial charge in [-0.15, -0.1) is 0 Å². The van der Waals surface area contributed by atoms with Crippen molar-refractivity contribution in [3.8, 4) is 5.88 Å². The molecule has 2 rings (SSSR count). The second-order valence-electron chi connectivity index (χ2n) is 4.19. The molecule has 2 aromatic heterocycles. The molecule has 1 N–H and O–H groups in total.